The molecule has 0 spiro atoms. The highest BCUT2D eigenvalue weighted by molar-refractivity contribution is 6.32. The molecule has 0 aliphatic rings. The van der Waals surface area contributed by atoms with Crippen LogP contribution in [0.5, 0.6) is 17.2 Å². The number of benzene rings is 3. The number of H-pyrrole nitrogens is 1. The lowest BCUT2D eigenvalue weighted by molar-refractivity contribution is 0.211. The number of hydrogen-bond acceptors (Lipinski definition) is 4. The minimum atomic E-state index is -0.858. The number of aryl methyl sites for hydroxylation is 1. The number of carbonyl (C=O) groups is 1. The average Bonchev–Trinajstić information content (AvgIpc) is 3.07. The van der Waals surface area contributed by atoms with Gasteiger partial charge in [-0.2, -0.15) is 0 Å². The monoisotopic (exact) mass is 393 g/mol. The topological polar surface area (TPSA) is 90.2 Å². The molecule has 1 heterocycles. The van der Waals surface area contributed by atoms with E-state index in [0.717, 1.165) is 22.2 Å². The molecule has 0 atom stereocenters. The Balaban J connectivity index is 1.57. The predicted molar refractivity (Wildman–Crippen MR) is 108 cm³/mol. The molecular weight excluding hydrogens is 378 g/mol. The largest absolute Gasteiger partial charge is 0.456 e. The lowest BCUT2D eigenvalue weighted by Gasteiger charge is -2.08. The van der Waals surface area contributed by atoms with Gasteiger partial charge in [-0.15, -0.1) is 0 Å². The Hall–Kier alpha value is -3.51. The summed E-state index contributed by atoms with van der Waals surface area (Å²) in [5.41, 5.74) is 8.49. The lowest BCUT2D eigenvalue weighted by atomic mass is 10.2. The Morgan fingerprint density at radius 2 is 1.79 bits per heavy atom. The first-order valence-electron chi connectivity index (χ1n) is 8.49. The highest BCUT2D eigenvalue weighted by Crippen LogP contribution is 2.31. The molecule has 0 saturated carbocycles. The number of rotatable bonds is 4. The fraction of sp³-hybridized carbons (Fsp3) is 0.0476. The van der Waals surface area contributed by atoms with Crippen LogP contribution in [0, 0.1) is 6.92 Å². The number of imidazole rings is 1. The van der Waals surface area contributed by atoms with Gasteiger partial charge in [0.2, 0.25) is 0 Å². The summed E-state index contributed by atoms with van der Waals surface area (Å²) in [4.78, 5) is 18.6. The molecule has 6 nitrogen and oxygen atoms in total. The van der Waals surface area contributed by atoms with Crippen molar-refractivity contribution in [2.24, 2.45) is 5.73 Å². The lowest BCUT2D eigenvalue weighted by Crippen LogP contribution is -2.16. The third-order valence-corrected chi connectivity index (χ3v) is 4.41. The van der Waals surface area contributed by atoms with Crippen LogP contribution in [0.3, 0.4) is 0 Å². The van der Waals surface area contributed by atoms with Crippen molar-refractivity contribution in [2.75, 3.05) is 0 Å². The Morgan fingerprint density at radius 3 is 2.50 bits per heavy atom. The van der Waals surface area contributed by atoms with Gasteiger partial charge >= 0.3 is 6.09 Å². The van der Waals surface area contributed by atoms with Crippen LogP contribution in [0.4, 0.5) is 4.79 Å². The standard InChI is InChI=1S/C21H16ClN3O3/c1-12-2-9-19(16(22)10-12)27-14-5-3-13(4-6-14)20-24-17-8-7-15(28-21(23)26)11-18(17)25-20/h2-11H,1H3,(H2,23,26)(H,24,25). The zero-order valence-corrected chi connectivity index (χ0v) is 15.7. The summed E-state index contributed by atoms with van der Waals surface area (Å²) >= 11 is 6.22. The summed E-state index contributed by atoms with van der Waals surface area (Å²) in [7, 11) is 0. The van der Waals surface area contributed by atoms with Crippen LogP contribution in [-0.2, 0) is 0 Å². The molecule has 1 amide bonds. The molecule has 0 bridgehead atoms. The number of nitrogens with one attached hydrogen (secondary N) is 1. The molecule has 140 valence electrons. The van der Waals surface area contributed by atoms with Crippen LogP contribution >= 0.6 is 11.6 Å². The molecule has 1 aromatic heterocycles. The van der Waals surface area contributed by atoms with Gasteiger partial charge in [-0.1, -0.05) is 17.7 Å². The van der Waals surface area contributed by atoms with Crippen molar-refractivity contribution in [3.63, 3.8) is 0 Å². The van der Waals surface area contributed by atoms with Crippen LogP contribution < -0.4 is 15.2 Å². The van der Waals surface area contributed by atoms with E-state index < -0.39 is 6.09 Å². The number of ether oxygens (including phenoxy) is 2. The van der Waals surface area contributed by atoms with Gasteiger partial charge < -0.3 is 20.2 Å². The maximum atomic E-state index is 10.9. The van der Waals surface area contributed by atoms with Crippen molar-refractivity contribution >= 4 is 28.7 Å². The normalized spacial score (nSPS) is 10.8. The number of nitrogens with two attached hydrogens (primary N) is 1. The highest BCUT2D eigenvalue weighted by atomic mass is 35.5. The van der Waals surface area contributed by atoms with Gasteiger partial charge in [-0.05, 0) is 61.0 Å². The number of aromatic nitrogens is 2. The second-order valence-corrected chi connectivity index (χ2v) is 6.65. The Kier molecular flexibility index (Phi) is 4.63. The number of hydrogen-bond donors (Lipinski definition) is 2. The molecule has 0 saturated heterocycles. The van der Waals surface area contributed by atoms with Gasteiger partial charge in [0.25, 0.3) is 0 Å². The van der Waals surface area contributed by atoms with E-state index in [0.29, 0.717) is 28.1 Å². The summed E-state index contributed by atoms with van der Waals surface area (Å²) in [6.07, 6.45) is -0.858. The number of fused-ring (bicyclic) bond motifs is 1. The Morgan fingerprint density at radius 1 is 1.04 bits per heavy atom. The summed E-state index contributed by atoms with van der Waals surface area (Å²) in [5.74, 6) is 2.31. The zero-order valence-electron chi connectivity index (χ0n) is 14.9. The molecule has 4 rings (SSSR count). The van der Waals surface area contributed by atoms with Crippen LogP contribution in [0.1, 0.15) is 5.56 Å². The molecule has 28 heavy (non-hydrogen) atoms. The fourth-order valence-corrected chi connectivity index (χ4v) is 3.08. The van der Waals surface area contributed by atoms with E-state index in [4.69, 9.17) is 26.8 Å². The van der Waals surface area contributed by atoms with Crippen molar-refractivity contribution in [2.45, 2.75) is 6.92 Å². The average molecular weight is 394 g/mol. The van der Waals surface area contributed by atoms with E-state index in [-0.39, 0.29) is 0 Å². The molecule has 0 unspecified atom stereocenters. The first-order valence-corrected chi connectivity index (χ1v) is 8.87. The van der Waals surface area contributed by atoms with Gasteiger partial charge in [-0.25, -0.2) is 9.78 Å². The van der Waals surface area contributed by atoms with E-state index in [1.165, 1.54) is 0 Å². The van der Waals surface area contributed by atoms with Crippen molar-refractivity contribution in [1.29, 1.82) is 0 Å². The number of amides is 1. The first kappa shape index (κ1) is 17.9. The Bertz CT molecular complexity index is 1170. The molecule has 7 heteroatoms. The molecule has 0 aliphatic carbocycles. The SMILES string of the molecule is Cc1ccc(Oc2ccc(-c3nc4ccc(OC(N)=O)cc4[nH]3)cc2)c(Cl)c1. The number of nitrogens with zero attached hydrogens (tertiary/aromatic N) is 1. The van der Waals surface area contributed by atoms with Crippen LogP contribution in [0.2, 0.25) is 5.02 Å². The Labute approximate surface area is 165 Å². The summed E-state index contributed by atoms with van der Waals surface area (Å²) in [5, 5.41) is 0.565. The maximum Gasteiger partial charge on any atom is 0.409 e. The fourth-order valence-electron chi connectivity index (χ4n) is 2.80. The molecule has 0 aliphatic heterocycles. The third kappa shape index (κ3) is 3.77. The number of primary amides is 1. The quantitative estimate of drug-likeness (QED) is 0.483. The minimum absolute atomic E-state index is 0.355. The molecule has 3 N–H and O–H groups in total. The number of halogens is 1. The molecule has 0 fully saturated rings. The van der Waals surface area contributed by atoms with E-state index in [9.17, 15) is 4.79 Å². The maximum absolute atomic E-state index is 10.9. The predicted octanol–water partition coefficient (Wildman–Crippen LogP) is 5.44. The van der Waals surface area contributed by atoms with Crippen molar-refractivity contribution in [1.82, 2.24) is 9.97 Å². The van der Waals surface area contributed by atoms with E-state index >= 15 is 0 Å². The van der Waals surface area contributed by atoms with Gasteiger partial charge in [0.05, 0.1) is 16.1 Å². The van der Waals surface area contributed by atoms with Gasteiger partial charge in [0.1, 0.15) is 23.1 Å². The number of aromatic amines is 1. The van der Waals surface area contributed by atoms with Crippen molar-refractivity contribution in [3.05, 3.63) is 71.2 Å². The summed E-state index contributed by atoms with van der Waals surface area (Å²) in [6, 6.07) is 18.2. The van der Waals surface area contributed by atoms with Crippen LogP contribution in [0.25, 0.3) is 22.4 Å². The third-order valence-electron chi connectivity index (χ3n) is 4.11. The smallest absolute Gasteiger partial charge is 0.409 e. The van der Waals surface area contributed by atoms with E-state index in [1.807, 2.05) is 49.4 Å². The van der Waals surface area contributed by atoms with Crippen LogP contribution in [-0.4, -0.2) is 16.1 Å². The van der Waals surface area contributed by atoms with E-state index in [1.54, 1.807) is 18.2 Å². The molecule has 0 radical (unpaired) electrons. The minimum Gasteiger partial charge on any atom is -0.456 e. The summed E-state index contributed by atoms with van der Waals surface area (Å²) in [6.45, 7) is 1.97. The van der Waals surface area contributed by atoms with Crippen LogP contribution in [0.15, 0.2) is 60.7 Å². The number of carbonyl (C=O) groups excluding carboxylic acids is 1. The zero-order chi connectivity index (χ0) is 19.7. The first-order chi connectivity index (χ1) is 13.5. The van der Waals surface area contributed by atoms with Gasteiger partial charge in [0, 0.05) is 11.6 Å². The summed E-state index contributed by atoms with van der Waals surface area (Å²) < 4.78 is 10.7. The molecular formula is C21H16ClN3O3. The van der Waals surface area contributed by atoms with Crippen molar-refractivity contribution in [3.8, 4) is 28.6 Å². The second kappa shape index (κ2) is 7.25. The van der Waals surface area contributed by atoms with Gasteiger partial charge in [-0.3, -0.25) is 0 Å². The second-order valence-electron chi connectivity index (χ2n) is 6.25. The molecule has 3 aromatic carbocycles. The van der Waals surface area contributed by atoms with Crippen molar-refractivity contribution < 1.29 is 14.3 Å². The van der Waals surface area contributed by atoms with Gasteiger partial charge in [0.15, 0.2) is 0 Å². The van der Waals surface area contributed by atoms with E-state index in [2.05, 4.69) is 9.97 Å². The molecule has 4 aromatic rings. The highest BCUT2D eigenvalue weighted by Gasteiger charge is 2.09.